The van der Waals surface area contributed by atoms with Crippen molar-refractivity contribution in [3.63, 3.8) is 0 Å². The molecule has 1 aromatic carbocycles. The van der Waals surface area contributed by atoms with E-state index in [9.17, 15) is 13.9 Å². The number of rotatable bonds is 8. The van der Waals surface area contributed by atoms with Crippen LogP contribution in [0.4, 0.5) is 8.78 Å². The molecule has 0 bridgehead atoms. The Kier molecular flexibility index (Phi) is 6.95. The number of aliphatic hydroxyl groups excluding tert-OH is 1. The van der Waals surface area contributed by atoms with E-state index < -0.39 is 17.7 Å². The Morgan fingerprint density at radius 1 is 1.11 bits per heavy atom. The van der Waals surface area contributed by atoms with Crippen LogP contribution in [0.5, 0.6) is 0 Å². The fourth-order valence-electron chi connectivity index (χ4n) is 2.20. The van der Waals surface area contributed by atoms with E-state index in [1.54, 1.807) is 0 Å². The van der Waals surface area contributed by atoms with Crippen molar-refractivity contribution in [3.8, 4) is 0 Å². The predicted molar refractivity (Wildman–Crippen MR) is 73.0 cm³/mol. The van der Waals surface area contributed by atoms with Crippen LogP contribution in [-0.4, -0.2) is 29.6 Å². The van der Waals surface area contributed by atoms with Crippen LogP contribution in [0.25, 0.3) is 0 Å². The van der Waals surface area contributed by atoms with Gasteiger partial charge >= 0.3 is 0 Å². The van der Waals surface area contributed by atoms with Gasteiger partial charge in [-0.2, -0.15) is 0 Å². The molecule has 0 aliphatic rings. The molecule has 0 aliphatic carbocycles. The van der Waals surface area contributed by atoms with Crippen LogP contribution >= 0.6 is 0 Å². The molecule has 0 aliphatic heterocycles. The third kappa shape index (κ3) is 5.25. The number of hydrogen-bond donors (Lipinski definition) is 1. The number of halogens is 2. The Bertz CT molecular complexity index is 378. The van der Waals surface area contributed by atoms with Crippen molar-refractivity contribution in [1.29, 1.82) is 0 Å². The molecule has 2 nitrogen and oxygen atoms in total. The zero-order valence-corrected chi connectivity index (χ0v) is 11.7. The highest BCUT2D eigenvalue weighted by atomic mass is 19.1. The third-order valence-electron chi connectivity index (χ3n) is 3.12. The van der Waals surface area contributed by atoms with E-state index in [4.69, 9.17) is 0 Å². The molecular formula is C15H23F2NO. The molecule has 0 heterocycles. The molecule has 0 saturated heterocycles. The summed E-state index contributed by atoms with van der Waals surface area (Å²) in [5.74, 6) is -1.07. The Morgan fingerprint density at radius 3 is 2.32 bits per heavy atom. The van der Waals surface area contributed by atoms with E-state index in [1.807, 2.05) is 0 Å². The van der Waals surface area contributed by atoms with E-state index >= 15 is 0 Å². The van der Waals surface area contributed by atoms with E-state index in [2.05, 4.69) is 18.7 Å². The average molecular weight is 271 g/mol. The van der Waals surface area contributed by atoms with Gasteiger partial charge in [-0.15, -0.1) is 0 Å². The monoisotopic (exact) mass is 271 g/mol. The smallest absolute Gasteiger partial charge is 0.129 e. The van der Waals surface area contributed by atoms with Gasteiger partial charge in [0.25, 0.3) is 0 Å². The SMILES string of the molecule is CCCN(CCC)CCC(O)c1cc(F)ccc1F. The molecule has 0 aromatic heterocycles. The highest BCUT2D eigenvalue weighted by Crippen LogP contribution is 2.21. The maximum absolute atomic E-state index is 13.5. The number of hydrogen-bond acceptors (Lipinski definition) is 2. The lowest BCUT2D eigenvalue weighted by molar-refractivity contribution is 0.138. The minimum Gasteiger partial charge on any atom is -0.388 e. The van der Waals surface area contributed by atoms with E-state index in [1.165, 1.54) is 0 Å². The van der Waals surface area contributed by atoms with Gasteiger partial charge in [0.15, 0.2) is 0 Å². The second-order valence-electron chi connectivity index (χ2n) is 4.81. The zero-order chi connectivity index (χ0) is 14.3. The maximum Gasteiger partial charge on any atom is 0.129 e. The van der Waals surface area contributed by atoms with Gasteiger partial charge in [0.2, 0.25) is 0 Å². The predicted octanol–water partition coefficient (Wildman–Crippen LogP) is 3.51. The summed E-state index contributed by atoms with van der Waals surface area (Å²) in [4.78, 5) is 2.24. The van der Waals surface area contributed by atoms with Gasteiger partial charge in [-0.3, -0.25) is 0 Å². The average Bonchev–Trinajstić information content (AvgIpc) is 2.39. The van der Waals surface area contributed by atoms with Crippen LogP contribution in [0.1, 0.15) is 44.8 Å². The lowest BCUT2D eigenvalue weighted by atomic mass is 10.1. The minimum absolute atomic E-state index is 0.0490. The molecule has 108 valence electrons. The summed E-state index contributed by atoms with van der Waals surface area (Å²) in [6.07, 6.45) is 1.56. The van der Waals surface area contributed by atoms with Crippen molar-refractivity contribution in [3.05, 3.63) is 35.4 Å². The first-order valence-corrected chi connectivity index (χ1v) is 6.93. The van der Waals surface area contributed by atoms with E-state index in [0.717, 1.165) is 44.1 Å². The molecule has 0 fully saturated rings. The summed E-state index contributed by atoms with van der Waals surface area (Å²) in [5, 5.41) is 9.98. The van der Waals surface area contributed by atoms with Crippen molar-refractivity contribution < 1.29 is 13.9 Å². The molecule has 1 atom stereocenters. The number of nitrogens with zero attached hydrogens (tertiary/aromatic N) is 1. The first kappa shape index (κ1) is 16.1. The molecular weight excluding hydrogens is 248 g/mol. The second kappa shape index (κ2) is 8.23. The van der Waals surface area contributed by atoms with Crippen molar-refractivity contribution in [2.24, 2.45) is 0 Å². The van der Waals surface area contributed by atoms with Gasteiger partial charge < -0.3 is 10.0 Å². The number of benzene rings is 1. The van der Waals surface area contributed by atoms with Crippen LogP contribution in [-0.2, 0) is 0 Å². The third-order valence-corrected chi connectivity index (χ3v) is 3.12. The highest BCUT2D eigenvalue weighted by molar-refractivity contribution is 5.21. The van der Waals surface area contributed by atoms with E-state index in [-0.39, 0.29) is 5.56 Å². The molecule has 0 amide bonds. The van der Waals surface area contributed by atoms with Crippen molar-refractivity contribution in [2.75, 3.05) is 19.6 Å². The van der Waals surface area contributed by atoms with Crippen molar-refractivity contribution in [2.45, 2.75) is 39.2 Å². The molecule has 0 radical (unpaired) electrons. The largest absolute Gasteiger partial charge is 0.388 e. The van der Waals surface area contributed by atoms with Gasteiger partial charge in [0.1, 0.15) is 11.6 Å². The quantitative estimate of drug-likeness (QED) is 0.782. The Balaban J connectivity index is 2.58. The highest BCUT2D eigenvalue weighted by Gasteiger charge is 2.15. The van der Waals surface area contributed by atoms with Crippen LogP contribution < -0.4 is 0 Å². The second-order valence-corrected chi connectivity index (χ2v) is 4.81. The summed E-state index contributed by atoms with van der Waals surface area (Å²) in [6, 6.07) is 3.19. The zero-order valence-electron chi connectivity index (χ0n) is 11.7. The first-order valence-electron chi connectivity index (χ1n) is 6.93. The van der Waals surface area contributed by atoms with Gasteiger partial charge in [-0.05, 0) is 50.6 Å². The number of aliphatic hydroxyl groups is 1. The van der Waals surface area contributed by atoms with Gasteiger partial charge in [-0.25, -0.2) is 8.78 Å². The molecule has 0 saturated carbocycles. The fourth-order valence-corrected chi connectivity index (χ4v) is 2.20. The molecule has 4 heteroatoms. The lowest BCUT2D eigenvalue weighted by Gasteiger charge is -2.22. The topological polar surface area (TPSA) is 23.5 Å². The van der Waals surface area contributed by atoms with Gasteiger partial charge in [0.05, 0.1) is 6.10 Å². The van der Waals surface area contributed by atoms with Crippen LogP contribution in [0, 0.1) is 11.6 Å². The molecule has 1 aromatic rings. The normalized spacial score (nSPS) is 12.9. The molecule has 1 N–H and O–H groups in total. The summed E-state index contributed by atoms with van der Waals surface area (Å²) < 4.78 is 26.6. The minimum atomic E-state index is -0.952. The standard InChI is InChI=1S/C15H23F2NO/c1-3-8-18(9-4-2)10-7-15(19)13-11-12(16)5-6-14(13)17/h5-6,11,15,19H,3-4,7-10H2,1-2H3. The Labute approximate surface area is 114 Å². The van der Waals surface area contributed by atoms with Crippen molar-refractivity contribution >= 4 is 0 Å². The fraction of sp³-hybridized carbons (Fsp3) is 0.600. The van der Waals surface area contributed by atoms with Crippen molar-refractivity contribution in [1.82, 2.24) is 4.90 Å². The maximum atomic E-state index is 13.5. The van der Waals surface area contributed by atoms with Gasteiger partial charge in [0, 0.05) is 12.1 Å². The van der Waals surface area contributed by atoms with Gasteiger partial charge in [-0.1, -0.05) is 13.8 Å². The molecule has 1 unspecified atom stereocenters. The summed E-state index contributed by atoms with van der Waals surface area (Å²) >= 11 is 0. The van der Waals surface area contributed by atoms with Crippen LogP contribution in [0.3, 0.4) is 0 Å². The van der Waals surface area contributed by atoms with Crippen LogP contribution in [0.15, 0.2) is 18.2 Å². The summed E-state index contributed by atoms with van der Waals surface area (Å²) in [5.41, 5.74) is 0.0490. The first-order chi connectivity index (χ1) is 9.08. The van der Waals surface area contributed by atoms with Crippen LogP contribution in [0.2, 0.25) is 0 Å². The molecule has 0 spiro atoms. The van der Waals surface area contributed by atoms with E-state index in [0.29, 0.717) is 13.0 Å². The summed E-state index contributed by atoms with van der Waals surface area (Å²) in [7, 11) is 0. The summed E-state index contributed by atoms with van der Waals surface area (Å²) in [6.45, 7) is 6.83. The molecule has 19 heavy (non-hydrogen) atoms. The Morgan fingerprint density at radius 2 is 1.74 bits per heavy atom. The molecule has 1 rings (SSSR count). The Hall–Kier alpha value is -1.00. The lowest BCUT2D eigenvalue weighted by Crippen LogP contribution is -2.27.